The maximum atomic E-state index is 2.56. The van der Waals surface area contributed by atoms with Crippen LogP contribution in [0.1, 0.15) is 341 Å². The predicted octanol–water partition coefficient (Wildman–Crippen LogP) is 39.7. The maximum Gasteiger partial charge on any atom is 0.0532 e. The molecule has 0 unspecified atom stereocenters. The van der Waals surface area contributed by atoms with Gasteiger partial charge in [0.15, 0.2) is 0 Å². The first kappa shape index (κ1) is 105. The lowest BCUT2D eigenvalue weighted by Gasteiger charge is -2.40. The number of benzene rings is 15. The van der Waals surface area contributed by atoms with Crippen LogP contribution in [0.25, 0.3) is 66.8 Å². The van der Waals surface area contributed by atoms with Gasteiger partial charge in [-0.1, -0.05) is 426 Å². The van der Waals surface area contributed by atoms with Crippen molar-refractivity contribution in [3.05, 3.63) is 407 Å². The standard InChI is InChI=1S/3C34H23N.15C2H6/c1-3-10-25-20(6-1)17-28-26(25)13-14-27-29(28)18-22-12-15-32-30(33(22)27)19-24-9-5-8-23-16-21-7-2-4-11-31(21)35(32)34(23)24;1-3-10-27-20(6-1)14-25-17-26-16-22-12-13-32-30(33(22)29(26)19-28(25)27)18-24-9-5-8-23-15-21-7-2-4-11-31(21)35(32)34(23)24;1-3-10-27-20(6-1)14-25-19-29-26(18-28(25)27)16-22-12-13-32-30(33(22)29)17-24-9-5-8-23-15-21-7-2-4-11-31(21)35(32)34(23)24;15*1-2/h1-15H,16-19H2;1-13,17,19H,14-16,18H2;1-13,18-19H,14-17H2;15*1-2H3. The number of anilines is 9. The van der Waals surface area contributed by atoms with Gasteiger partial charge in [0, 0.05) is 55.6 Å². The lowest BCUT2D eigenvalue weighted by Crippen LogP contribution is -2.25. The van der Waals surface area contributed by atoms with Crippen molar-refractivity contribution in [1.82, 2.24) is 0 Å². The fourth-order valence-corrected chi connectivity index (χ4v) is 21.8. The van der Waals surface area contributed by atoms with E-state index >= 15 is 0 Å². The van der Waals surface area contributed by atoms with E-state index in [0.29, 0.717) is 0 Å². The minimum Gasteiger partial charge on any atom is -0.309 e. The van der Waals surface area contributed by atoms with Crippen LogP contribution in [0.5, 0.6) is 0 Å². The molecule has 6 heterocycles. The fraction of sp³-hybridized carbons (Fsp3) is 0.318. The zero-order chi connectivity index (χ0) is 98.0. The number of hydrogen-bond donors (Lipinski definition) is 0. The highest BCUT2D eigenvalue weighted by molar-refractivity contribution is 6.01. The lowest BCUT2D eigenvalue weighted by atomic mass is 9.83. The molecule has 0 N–H and O–H groups in total. The van der Waals surface area contributed by atoms with Crippen LogP contribution in [0, 0.1) is 0 Å². The van der Waals surface area contributed by atoms with Crippen LogP contribution in [-0.2, 0) is 77.0 Å². The average Bonchev–Trinajstić information content (AvgIpc) is 1.60. The first-order valence-corrected chi connectivity index (χ1v) is 53.1. The Hall–Kier alpha value is -12.3. The van der Waals surface area contributed by atoms with Crippen LogP contribution in [0.2, 0.25) is 0 Å². The minimum atomic E-state index is 1.01. The topological polar surface area (TPSA) is 9.72 Å². The summed E-state index contributed by atoms with van der Waals surface area (Å²) in [5, 5.41) is 0. The van der Waals surface area contributed by atoms with Crippen LogP contribution in [0.15, 0.2) is 273 Å². The maximum absolute atomic E-state index is 2.56. The monoisotopic (exact) mass is 1790 g/mol. The van der Waals surface area contributed by atoms with Gasteiger partial charge < -0.3 is 14.7 Å². The number of fused-ring (bicyclic) bond motifs is 34. The number of para-hydroxylation sites is 6. The third kappa shape index (κ3) is 18.9. The third-order valence-electron chi connectivity index (χ3n) is 26.1. The second kappa shape index (κ2) is 49.8. The molecule has 6 aliphatic heterocycles. The Kier molecular flexibility index (Phi) is 38.6. The summed E-state index contributed by atoms with van der Waals surface area (Å²) in [5.41, 5.74) is 65.2. The Labute approximate surface area is 818 Å². The van der Waals surface area contributed by atoms with E-state index in [1.54, 1.807) is 11.1 Å². The normalized spacial score (nSPS) is 12.3. The Morgan fingerprint density at radius 2 is 0.348 bits per heavy atom. The molecule has 6 aliphatic carbocycles. The van der Waals surface area contributed by atoms with Gasteiger partial charge in [-0.05, 0) is 293 Å². The van der Waals surface area contributed by atoms with E-state index in [4.69, 9.17) is 0 Å². The van der Waals surface area contributed by atoms with Crippen molar-refractivity contribution in [3.8, 4) is 66.8 Å². The highest BCUT2D eigenvalue weighted by atomic mass is 15.2. The van der Waals surface area contributed by atoms with E-state index in [1.807, 2.05) is 208 Å². The fourth-order valence-electron chi connectivity index (χ4n) is 21.8. The van der Waals surface area contributed by atoms with Crippen molar-refractivity contribution < 1.29 is 0 Å². The second-order valence-electron chi connectivity index (χ2n) is 31.5. The molecule has 0 fully saturated rings. The lowest BCUT2D eigenvalue weighted by molar-refractivity contribution is 1.01. The van der Waals surface area contributed by atoms with E-state index in [0.717, 1.165) is 77.0 Å². The Morgan fingerprint density at radius 1 is 0.126 bits per heavy atom. The van der Waals surface area contributed by atoms with Gasteiger partial charge >= 0.3 is 0 Å². The van der Waals surface area contributed by atoms with Gasteiger partial charge in [0.05, 0.1) is 34.1 Å². The molecule has 0 amide bonds. The summed E-state index contributed by atoms with van der Waals surface area (Å²) in [5.74, 6) is 0. The van der Waals surface area contributed by atoms with E-state index in [9.17, 15) is 0 Å². The van der Waals surface area contributed by atoms with Crippen LogP contribution >= 0.6 is 0 Å². The molecule has 0 aromatic heterocycles. The van der Waals surface area contributed by atoms with Gasteiger partial charge in [-0.3, -0.25) is 0 Å². The summed E-state index contributed by atoms with van der Waals surface area (Å²) < 4.78 is 0. The molecule has 15 aromatic carbocycles. The summed E-state index contributed by atoms with van der Waals surface area (Å²) >= 11 is 0. The van der Waals surface area contributed by atoms with E-state index in [1.165, 1.54) is 240 Å². The van der Waals surface area contributed by atoms with E-state index in [2.05, 4.69) is 288 Å². The van der Waals surface area contributed by atoms with Gasteiger partial charge in [0.1, 0.15) is 0 Å². The highest BCUT2D eigenvalue weighted by Gasteiger charge is 2.41. The number of rotatable bonds is 0. The smallest absolute Gasteiger partial charge is 0.0532 e. The van der Waals surface area contributed by atoms with E-state index < -0.39 is 0 Å². The SMILES string of the molecule is CC.CC.CC.CC.CC.CC.CC.CC.CC.CC.CC.CC.CC.CC.CC.c1ccc2c(c1)Cc1c-2ccc2c1Cc1ccc3c(c1-2)Cc1cccc2c1N3c1ccccc1C2.c1ccc2c(c1)Cc1cc3c(cc1-2)-c1c(ccc2c1Cc1cccc4c1N2c1ccccc1C4)C3.c1ccc2c(c1)Cc1cc3c(cc1-2)Cc1ccc2c(c1-3)Cc1cccc3c1N2c1ccccc1C3. The Balaban J connectivity index is 0.000000184. The van der Waals surface area contributed by atoms with Crippen LogP contribution in [-0.4, -0.2) is 0 Å². The first-order valence-electron chi connectivity index (χ1n) is 53.1. The molecule has 12 aliphatic rings. The van der Waals surface area contributed by atoms with Gasteiger partial charge in [0.2, 0.25) is 0 Å². The van der Waals surface area contributed by atoms with Crippen molar-refractivity contribution in [2.45, 2.75) is 285 Å². The van der Waals surface area contributed by atoms with Crippen LogP contribution < -0.4 is 14.7 Å². The molecule has 0 saturated heterocycles. The average molecular weight is 1790 g/mol. The number of nitrogens with zero attached hydrogens (tertiary/aromatic N) is 3. The van der Waals surface area contributed by atoms with Gasteiger partial charge in [-0.2, -0.15) is 0 Å². The zero-order valence-electron chi connectivity index (χ0n) is 88.3. The Morgan fingerprint density at radius 3 is 0.726 bits per heavy atom. The number of hydrogen-bond acceptors (Lipinski definition) is 3. The second-order valence-corrected chi connectivity index (χ2v) is 31.5. The summed E-state index contributed by atoms with van der Waals surface area (Å²) in [4.78, 5) is 7.68. The third-order valence-corrected chi connectivity index (χ3v) is 26.1. The summed E-state index contributed by atoms with van der Waals surface area (Å²) in [7, 11) is 0. The molecule has 0 radical (unpaired) electrons. The molecule has 3 heteroatoms. The molecule has 3 nitrogen and oxygen atoms in total. The van der Waals surface area contributed by atoms with Gasteiger partial charge in [-0.15, -0.1) is 0 Å². The molecule has 0 atom stereocenters. The minimum absolute atomic E-state index is 1.01. The zero-order valence-corrected chi connectivity index (χ0v) is 88.3. The first-order chi connectivity index (χ1) is 67.0. The molecule has 27 rings (SSSR count). The van der Waals surface area contributed by atoms with Gasteiger partial charge in [0.25, 0.3) is 0 Å². The van der Waals surface area contributed by atoms with Crippen LogP contribution in [0.3, 0.4) is 0 Å². The van der Waals surface area contributed by atoms with Crippen molar-refractivity contribution in [2.24, 2.45) is 0 Å². The van der Waals surface area contributed by atoms with E-state index in [-0.39, 0.29) is 0 Å². The summed E-state index contributed by atoms with van der Waals surface area (Å²) in [6, 6.07) is 104. The molecule has 0 saturated carbocycles. The van der Waals surface area contributed by atoms with Crippen molar-refractivity contribution in [2.75, 3.05) is 14.7 Å². The highest BCUT2D eigenvalue weighted by Crippen LogP contribution is 2.60. The van der Waals surface area contributed by atoms with Gasteiger partial charge in [-0.25, -0.2) is 0 Å². The quantitative estimate of drug-likeness (QED) is 0.150. The molecule has 0 bridgehead atoms. The summed E-state index contributed by atoms with van der Waals surface area (Å²) in [6.07, 6.45) is 12.4. The summed E-state index contributed by atoms with van der Waals surface area (Å²) in [6.45, 7) is 60.0. The largest absolute Gasteiger partial charge is 0.309 e. The molecule has 135 heavy (non-hydrogen) atoms. The van der Waals surface area contributed by atoms with Crippen molar-refractivity contribution >= 4 is 51.2 Å². The Bertz CT molecular complexity index is 6380. The molecular weight excluding hydrogens is 1630 g/mol. The predicted molar refractivity (Wildman–Crippen MR) is 600 cm³/mol. The molecule has 0 spiro atoms. The molecule has 15 aromatic rings. The van der Waals surface area contributed by atoms with Crippen LogP contribution in [0.4, 0.5) is 51.2 Å². The molecule has 702 valence electrons. The molecular formula is C132H159N3. The van der Waals surface area contributed by atoms with Crippen molar-refractivity contribution in [1.29, 1.82) is 0 Å². The van der Waals surface area contributed by atoms with Crippen molar-refractivity contribution in [3.63, 3.8) is 0 Å².